The molecule has 1 saturated heterocycles. The Labute approximate surface area is 80.2 Å². The first-order valence-corrected chi connectivity index (χ1v) is 4.25. The Morgan fingerprint density at radius 1 is 1.62 bits per heavy atom. The summed E-state index contributed by atoms with van der Waals surface area (Å²) in [6, 6.07) is 0. The molecule has 6 heteroatoms. The summed E-state index contributed by atoms with van der Waals surface area (Å²) < 4.78 is 9.53. The van der Waals surface area contributed by atoms with Gasteiger partial charge < -0.3 is 19.7 Å². The summed E-state index contributed by atoms with van der Waals surface area (Å²) >= 11 is 5.62. The van der Waals surface area contributed by atoms with Crippen LogP contribution < -0.4 is 0 Å². The maximum absolute atomic E-state index is 10.6. The van der Waals surface area contributed by atoms with Crippen molar-refractivity contribution in [1.82, 2.24) is 0 Å². The molecule has 5 nitrogen and oxygen atoms in total. The summed E-state index contributed by atoms with van der Waals surface area (Å²) in [5.74, 6) is -0.576. The van der Waals surface area contributed by atoms with Crippen molar-refractivity contribution in [3.05, 3.63) is 0 Å². The van der Waals surface area contributed by atoms with Crippen LogP contribution in [0, 0.1) is 0 Å². The van der Waals surface area contributed by atoms with Gasteiger partial charge in [-0.1, -0.05) is 11.6 Å². The van der Waals surface area contributed by atoms with Gasteiger partial charge in [-0.15, -0.1) is 0 Å². The molecule has 0 aromatic rings. The first-order valence-electron chi connectivity index (χ1n) is 3.81. The lowest BCUT2D eigenvalue weighted by atomic mass is 10.1. The molecule has 0 radical (unpaired) electrons. The Kier molecular flexibility index (Phi) is 3.49. The van der Waals surface area contributed by atoms with Gasteiger partial charge in [0.25, 0.3) is 0 Å². The molecule has 1 heterocycles. The molecule has 1 fully saturated rings. The highest BCUT2D eigenvalue weighted by Crippen LogP contribution is 2.21. The summed E-state index contributed by atoms with van der Waals surface area (Å²) in [7, 11) is 0. The molecule has 0 spiro atoms. The summed E-state index contributed by atoms with van der Waals surface area (Å²) in [6.45, 7) is 1.13. The van der Waals surface area contributed by atoms with Crippen molar-refractivity contribution in [2.24, 2.45) is 0 Å². The SMILES string of the molecule is CC(=O)O[C@H]1[C@H](O)[C@H](O)CO[C@H]1Cl. The number of aliphatic hydroxyl groups excluding tert-OH is 2. The Morgan fingerprint density at radius 2 is 2.23 bits per heavy atom. The van der Waals surface area contributed by atoms with E-state index in [9.17, 15) is 9.90 Å². The number of carbonyl (C=O) groups is 1. The molecule has 4 atom stereocenters. The smallest absolute Gasteiger partial charge is 0.303 e. The minimum Gasteiger partial charge on any atom is -0.456 e. The number of esters is 1. The van der Waals surface area contributed by atoms with Crippen molar-refractivity contribution in [2.75, 3.05) is 6.61 Å². The fraction of sp³-hybridized carbons (Fsp3) is 0.857. The van der Waals surface area contributed by atoms with Gasteiger partial charge in [0.1, 0.15) is 12.2 Å². The summed E-state index contributed by atoms with van der Waals surface area (Å²) in [4.78, 5) is 10.6. The van der Waals surface area contributed by atoms with E-state index in [1.165, 1.54) is 6.92 Å². The second-order valence-electron chi connectivity index (χ2n) is 2.82. The van der Waals surface area contributed by atoms with E-state index in [2.05, 4.69) is 4.74 Å². The third-order valence-electron chi connectivity index (χ3n) is 1.72. The highest BCUT2D eigenvalue weighted by molar-refractivity contribution is 6.20. The third kappa shape index (κ3) is 2.54. The average molecular weight is 211 g/mol. The number of aliphatic hydroxyl groups is 2. The van der Waals surface area contributed by atoms with E-state index in [1.54, 1.807) is 0 Å². The maximum Gasteiger partial charge on any atom is 0.303 e. The Balaban J connectivity index is 2.60. The first-order chi connectivity index (χ1) is 6.02. The first kappa shape index (κ1) is 10.7. The standard InChI is InChI=1S/C7H11ClO5/c1-3(9)13-6-5(11)4(10)2-12-7(6)8/h4-7,10-11H,2H2,1H3/t4-,5-,6+,7-/m1/s1. The number of halogens is 1. The number of hydrogen-bond acceptors (Lipinski definition) is 5. The van der Waals surface area contributed by atoms with Gasteiger partial charge in [0.05, 0.1) is 6.61 Å². The van der Waals surface area contributed by atoms with Crippen molar-refractivity contribution in [3.63, 3.8) is 0 Å². The zero-order chi connectivity index (χ0) is 10.0. The molecule has 76 valence electrons. The normalized spacial score (nSPS) is 40.0. The third-order valence-corrected chi connectivity index (χ3v) is 2.09. The molecule has 0 saturated carbocycles. The van der Waals surface area contributed by atoms with Gasteiger partial charge >= 0.3 is 5.97 Å². The second-order valence-corrected chi connectivity index (χ2v) is 3.25. The zero-order valence-corrected chi connectivity index (χ0v) is 7.77. The minimum atomic E-state index is -1.19. The van der Waals surface area contributed by atoms with E-state index >= 15 is 0 Å². The number of rotatable bonds is 1. The van der Waals surface area contributed by atoms with E-state index in [0.29, 0.717) is 0 Å². The van der Waals surface area contributed by atoms with E-state index in [4.69, 9.17) is 21.4 Å². The minimum absolute atomic E-state index is 0.0624. The van der Waals surface area contributed by atoms with Crippen LogP contribution in [-0.4, -0.2) is 46.7 Å². The van der Waals surface area contributed by atoms with Crippen LogP contribution in [0.25, 0.3) is 0 Å². The quantitative estimate of drug-likeness (QED) is 0.439. The average Bonchev–Trinajstić information content (AvgIpc) is 2.05. The molecule has 0 amide bonds. The van der Waals surface area contributed by atoms with Gasteiger partial charge in [-0.25, -0.2) is 0 Å². The van der Waals surface area contributed by atoms with E-state index < -0.39 is 29.8 Å². The molecular formula is C7H11ClO5. The van der Waals surface area contributed by atoms with Crippen LogP contribution in [0.1, 0.15) is 6.92 Å². The lowest BCUT2D eigenvalue weighted by molar-refractivity contribution is -0.191. The molecular weight excluding hydrogens is 200 g/mol. The molecule has 0 aliphatic carbocycles. The Bertz CT molecular complexity index is 197. The van der Waals surface area contributed by atoms with Crippen molar-refractivity contribution < 1.29 is 24.5 Å². The zero-order valence-electron chi connectivity index (χ0n) is 7.01. The molecule has 0 bridgehead atoms. The predicted molar refractivity (Wildman–Crippen MR) is 43.2 cm³/mol. The fourth-order valence-electron chi connectivity index (χ4n) is 1.07. The van der Waals surface area contributed by atoms with Crippen LogP contribution in [0.2, 0.25) is 0 Å². The van der Waals surface area contributed by atoms with Crippen LogP contribution in [0.3, 0.4) is 0 Å². The lowest BCUT2D eigenvalue weighted by Crippen LogP contribution is -2.52. The number of alkyl halides is 1. The van der Waals surface area contributed by atoms with Crippen LogP contribution in [0.4, 0.5) is 0 Å². The summed E-state index contributed by atoms with van der Waals surface area (Å²) in [5.41, 5.74) is -0.915. The highest BCUT2D eigenvalue weighted by atomic mass is 35.5. The van der Waals surface area contributed by atoms with Crippen LogP contribution >= 0.6 is 11.6 Å². The predicted octanol–water partition coefficient (Wildman–Crippen LogP) is -0.765. The van der Waals surface area contributed by atoms with Crippen molar-refractivity contribution >= 4 is 17.6 Å². The number of ether oxygens (including phenoxy) is 2. The van der Waals surface area contributed by atoms with Crippen molar-refractivity contribution in [3.8, 4) is 0 Å². The highest BCUT2D eigenvalue weighted by Gasteiger charge is 2.40. The molecule has 1 aliphatic rings. The van der Waals surface area contributed by atoms with Gasteiger partial charge in [-0.3, -0.25) is 4.79 Å². The van der Waals surface area contributed by atoms with Crippen molar-refractivity contribution in [2.45, 2.75) is 30.8 Å². The number of carbonyl (C=O) groups excluding carboxylic acids is 1. The molecule has 2 N–H and O–H groups in total. The van der Waals surface area contributed by atoms with Gasteiger partial charge in [0.2, 0.25) is 0 Å². The Morgan fingerprint density at radius 3 is 2.77 bits per heavy atom. The van der Waals surface area contributed by atoms with Crippen LogP contribution in [0.15, 0.2) is 0 Å². The fourth-order valence-corrected chi connectivity index (χ4v) is 1.35. The second kappa shape index (κ2) is 4.23. The van der Waals surface area contributed by atoms with Crippen LogP contribution in [0.5, 0.6) is 0 Å². The van der Waals surface area contributed by atoms with Gasteiger partial charge in [-0.2, -0.15) is 0 Å². The molecule has 0 aromatic carbocycles. The van der Waals surface area contributed by atoms with Gasteiger partial charge in [0, 0.05) is 6.92 Å². The molecule has 0 aromatic heterocycles. The van der Waals surface area contributed by atoms with E-state index in [-0.39, 0.29) is 6.61 Å². The molecule has 13 heavy (non-hydrogen) atoms. The van der Waals surface area contributed by atoms with E-state index in [0.717, 1.165) is 0 Å². The summed E-state index contributed by atoms with van der Waals surface area (Å²) in [5, 5.41) is 18.5. The van der Waals surface area contributed by atoms with Crippen molar-refractivity contribution in [1.29, 1.82) is 0 Å². The molecule has 1 aliphatic heterocycles. The largest absolute Gasteiger partial charge is 0.456 e. The van der Waals surface area contributed by atoms with Crippen LogP contribution in [-0.2, 0) is 14.3 Å². The topological polar surface area (TPSA) is 76.0 Å². The van der Waals surface area contributed by atoms with Gasteiger partial charge in [0.15, 0.2) is 11.7 Å². The summed E-state index contributed by atoms with van der Waals surface area (Å²) in [6.07, 6.45) is -3.28. The Hall–Kier alpha value is -0.360. The maximum atomic E-state index is 10.6. The van der Waals surface area contributed by atoms with E-state index in [1.807, 2.05) is 0 Å². The monoisotopic (exact) mass is 210 g/mol. The molecule has 1 rings (SSSR count). The van der Waals surface area contributed by atoms with Gasteiger partial charge in [-0.05, 0) is 0 Å². The number of hydrogen-bond donors (Lipinski definition) is 2. The molecule has 0 unspecified atom stereocenters. The lowest BCUT2D eigenvalue weighted by Gasteiger charge is -2.34.